The molecule has 1 heterocycles. The van der Waals surface area contributed by atoms with Crippen molar-refractivity contribution in [3.8, 4) is 6.07 Å². The zero-order valence-electron chi connectivity index (χ0n) is 10.8. The minimum atomic E-state index is -0.616. The van der Waals surface area contributed by atoms with Gasteiger partial charge in [0.15, 0.2) is 0 Å². The van der Waals surface area contributed by atoms with Gasteiger partial charge in [-0.15, -0.1) is 0 Å². The van der Waals surface area contributed by atoms with E-state index in [4.69, 9.17) is 10.00 Å². The fourth-order valence-electron chi connectivity index (χ4n) is 1.87. The van der Waals surface area contributed by atoms with Gasteiger partial charge in [0.05, 0.1) is 12.5 Å². The van der Waals surface area contributed by atoms with Crippen molar-refractivity contribution in [3.63, 3.8) is 0 Å². The lowest BCUT2D eigenvalue weighted by Crippen LogP contribution is -2.49. The molecular formula is C12H21N3O2. The summed E-state index contributed by atoms with van der Waals surface area (Å²) in [6, 6.07) is 2.11. The Labute approximate surface area is 103 Å². The highest BCUT2D eigenvalue weighted by Gasteiger charge is 2.36. The summed E-state index contributed by atoms with van der Waals surface area (Å²) in [6.45, 7) is 7.25. The molecule has 0 atom stereocenters. The van der Waals surface area contributed by atoms with Crippen LogP contribution >= 0.6 is 0 Å². The summed E-state index contributed by atoms with van der Waals surface area (Å²) in [5.41, 5.74) is -0.937. The van der Waals surface area contributed by atoms with Crippen LogP contribution in [0.15, 0.2) is 0 Å². The lowest BCUT2D eigenvalue weighted by atomic mass is 9.89. The number of nitrogens with zero attached hydrogens (tertiary/aromatic N) is 1. The molecule has 17 heavy (non-hydrogen) atoms. The Kier molecular flexibility index (Phi) is 4.35. The quantitative estimate of drug-likeness (QED) is 0.766. The molecule has 0 spiro atoms. The highest BCUT2D eigenvalue weighted by Crippen LogP contribution is 2.27. The van der Waals surface area contributed by atoms with Crippen LogP contribution in [-0.2, 0) is 4.74 Å². The fourth-order valence-corrected chi connectivity index (χ4v) is 1.87. The number of amides is 1. The Balaban J connectivity index is 2.61. The van der Waals surface area contributed by atoms with Crippen LogP contribution in [0.25, 0.3) is 0 Å². The first kappa shape index (κ1) is 13.8. The first-order valence-corrected chi connectivity index (χ1v) is 5.96. The number of alkyl carbamates (subject to hydrolysis) is 1. The van der Waals surface area contributed by atoms with Crippen LogP contribution in [0.5, 0.6) is 0 Å². The van der Waals surface area contributed by atoms with Crippen molar-refractivity contribution in [1.29, 1.82) is 5.26 Å². The molecule has 0 unspecified atom stereocenters. The van der Waals surface area contributed by atoms with Crippen molar-refractivity contribution in [1.82, 2.24) is 10.6 Å². The molecule has 0 aromatic carbocycles. The molecule has 1 amide bonds. The van der Waals surface area contributed by atoms with E-state index in [0.717, 1.165) is 13.1 Å². The van der Waals surface area contributed by atoms with E-state index in [1.807, 2.05) is 20.8 Å². The third kappa shape index (κ3) is 4.61. The van der Waals surface area contributed by atoms with E-state index in [1.54, 1.807) is 0 Å². The number of carbonyl (C=O) groups is 1. The average molecular weight is 239 g/mol. The molecule has 2 N–H and O–H groups in total. The summed E-state index contributed by atoms with van der Waals surface area (Å²) in [5.74, 6) is 0. The van der Waals surface area contributed by atoms with Crippen molar-refractivity contribution >= 4 is 6.09 Å². The smallest absolute Gasteiger partial charge is 0.408 e. The predicted molar refractivity (Wildman–Crippen MR) is 64.4 cm³/mol. The van der Waals surface area contributed by atoms with Crippen LogP contribution in [0.3, 0.4) is 0 Å². The minimum Gasteiger partial charge on any atom is -0.442 e. The molecule has 1 aliphatic rings. The molecule has 1 rings (SSSR count). The maximum atomic E-state index is 11.7. The predicted octanol–water partition coefficient (Wildman–Crippen LogP) is 1.55. The van der Waals surface area contributed by atoms with Crippen LogP contribution in [0.4, 0.5) is 4.79 Å². The van der Waals surface area contributed by atoms with Crippen molar-refractivity contribution < 1.29 is 9.53 Å². The SMILES string of the molecule is CC(C)(C)NC(=O)OC1(CC#N)CCNCC1. The van der Waals surface area contributed by atoms with Crippen LogP contribution in [0.1, 0.15) is 40.0 Å². The number of hydrogen-bond donors (Lipinski definition) is 2. The number of carbonyl (C=O) groups excluding carboxylic acids is 1. The van der Waals surface area contributed by atoms with Crippen molar-refractivity contribution in [3.05, 3.63) is 0 Å². The van der Waals surface area contributed by atoms with Gasteiger partial charge in [-0.1, -0.05) is 0 Å². The molecule has 0 radical (unpaired) electrons. The normalized spacial score (nSPS) is 19.2. The number of piperidine rings is 1. The third-order valence-electron chi connectivity index (χ3n) is 2.70. The molecule has 0 bridgehead atoms. The molecule has 96 valence electrons. The third-order valence-corrected chi connectivity index (χ3v) is 2.70. The molecule has 5 nitrogen and oxygen atoms in total. The summed E-state index contributed by atoms with van der Waals surface area (Å²) < 4.78 is 5.48. The standard InChI is InChI=1S/C12H21N3O2/c1-11(2,3)15-10(16)17-12(4-7-13)5-8-14-9-6-12/h14H,4-6,8-9H2,1-3H3,(H,15,16). The van der Waals surface area contributed by atoms with E-state index < -0.39 is 11.7 Å². The van der Waals surface area contributed by atoms with Gasteiger partial charge in [0.2, 0.25) is 0 Å². The highest BCUT2D eigenvalue weighted by atomic mass is 16.6. The van der Waals surface area contributed by atoms with Crippen LogP contribution in [-0.4, -0.2) is 30.3 Å². The summed E-state index contributed by atoms with van der Waals surface area (Å²) in [5, 5.41) is 14.8. The Bertz CT molecular complexity index is 309. The monoisotopic (exact) mass is 239 g/mol. The van der Waals surface area contributed by atoms with E-state index >= 15 is 0 Å². The molecule has 0 aliphatic carbocycles. The lowest BCUT2D eigenvalue weighted by molar-refractivity contribution is -0.0108. The molecule has 1 aliphatic heterocycles. The van der Waals surface area contributed by atoms with E-state index in [0.29, 0.717) is 12.8 Å². The number of ether oxygens (including phenoxy) is 1. The van der Waals surface area contributed by atoms with Crippen molar-refractivity contribution in [2.45, 2.75) is 51.2 Å². The minimum absolute atomic E-state index is 0.256. The summed E-state index contributed by atoms with van der Waals surface area (Å²) in [6.07, 6.45) is 1.21. The number of nitrogens with one attached hydrogen (secondary N) is 2. The van der Waals surface area contributed by atoms with Gasteiger partial charge in [-0.05, 0) is 33.9 Å². The molecular weight excluding hydrogens is 218 g/mol. The number of rotatable bonds is 2. The van der Waals surface area contributed by atoms with Gasteiger partial charge in [0.25, 0.3) is 0 Å². The first-order chi connectivity index (χ1) is 7.87. The molecule has 0 saturated carbocycles. The van der Waals surface area contributed by atoms with E-state index in [-0.39, 0.29) is 12.0 Å². The van der Waals surface area contributed by atoms with Crippen molar-refractivity contribution in [2.24, 2.45) is 0 Å². The second-order valence-corrected chi connectivity index (χ2v) is 5.53. The molecule has 5 heteroatoms. The van der Waals surface area contributed by atoms with E-state index in [9.17, 15) is 4.79 Å². The fraction of sp³-hybridized carbons (Fsp3) is 0.833. The summed E-state index contributed by atoms with van der Waals surface area (Å²) in [7, 11) is 0. The Morgan fingerprint density at radius 1 is 1.47 bits per heavy atom. The Hall–Kier alpha value is -1.28. The summed E-state index contributed by atoms with van der Waals surface area (Å²) >= 11 is 0. The molecule has 1 fully saturated rings. The van der Waals surface area contributed by atoms with Gasteiger partial charge in [0, 0.05) is 18.4 Å². The molecule has 0 aromatic heterocycles. The Morgan fingerprint density at radius 2 is 2.06 bits per heavy atom. The largest absolute Gasteiger partial charge is 0.442 e. The van der Waals surface area contributed by atoms with Crippen LogP contribution in [0, 0.1) is 11.3 Å². The second-order valence-electron chi connectivity index (χ2n) is 5.53. The first-order valence-electron chi connectivity index (χ1n) is 5.96. The maximum Gasteiger partial charge on any atom is 0.408 e. The topological polar surface area (TPSA) is 74.1 Å². The zero-order chi connectivity index (χ0) is 12.9. The van der Waals surface area contributed by atoms with Gasteiger partial charge in [0.1, 0.15) is 5.60 Å². The van der Waals surface area contributed by atoms with Gasteiger partial charge in [-0.3, -0.25) is 0 Å². The van der Waals surface area contributed by atoms with E-state index in [1.165, 1.54) is 0 Å². The summed E-state index contributed by atoms with van der Waals surface area (Å²) in [4.78, 5) is 11.7. The Morgan fingerprint density at radius 3 is 2.53 bits per heavy atom. The average Bonchev–Trinajstić information content (AvgIpc) is 2.15. The van der Waals surface area contributed by atoms with E-state index in [2.05, 4.69) is 16.7 Å². The lowest BCUT2D eigenvalue weighted by Gasteiger charge is -2.36. The highest BCUT2D eigenvalue weighted by molar-refractivity contribution is 5.68. The van der Waals surface area contributed by atoms with Crippen LogP contribution in [0.2, 0.25) is 0 Å². The zero-order valence-corrected chi connectivity index (χ0v) is 10.8. The molecule has 0 aromatic rings. The van der Waals surface area contributed by atoms with Crippen molar-refractivity contribution in [2.75, 3.05) is 13.1 Å². The van der Waals surface area contributed by atoms with Crippen LogP contribution < -0.4 is 10.6 Å². The maximum absolute atomic E-state index is 11.7. The molecule has 1 saturated heterocycles. The number of hydrogen-bond acceptors (Lipinski definition) is 4. The van der Waals surface area contributed by atoms with Gasteiger partial charge in [-0.2, -0.15) is 5.26 Å². The van der Waals surface area contributed by atoms with Gasteiger partial charge >= 0.3 is 6.09 Å². The number of nitriles is 1. The van der Waals surface area contributed by atoms with Gasteiger partial charge < -0.3 is 15.4 Å². The van der Waals surface area contributed by atoms with Gasteiger partial charge in [-0.25, -0.2) is 4.79 Å². The second kappa shape index (κ2) is 5.37.